The normalized spacial score (nSPS) is 10.3. The predicted octanol–water partition coefficient (Wildman–Crippen LogP) is 3.31. The summed E-state index contributed by atoms with van der Waals surface area (Å²) >= 11 is 0. The Kier molecular flexibility index (Phi) is 6.23. The van der Waals surface area contributed by atoms with E-state index >= 15 is 0 Å². The lowest BCUT2D eigenvalue weighted by Crippen LogP contribution is -2.23. The van der Waals surface area contributed by atoms with Gasteiger partial charge in [-0.15, -0.1) is 0 Å². The van der Waals surface area contributed by atoms with E-state index in [1.807, 2.05) is 6.07 Å². The minimum Gasteiger partial charge on any atom is -0.497 e. The first-order valence-corrected chi connectivity index (χ1v) is 8.77. The average Bonchev–Trinajstić information content (AvgIpc) is 3.25. The van der Waals surface area contributed by atoms with Crippen LogP contribution in [0.25, 0.3) is 11.3 Å². The third kappa shape index (κ3) is 4.43. The molecule has 0 saturated carbocycles. The third-order valence-corrected chi connectivity index (χ3v) is 4.31. The fourth-order valence-electron chi connectivity index (χ4n) is 2.77. The monoisotopic (exact) mass is 398 g/mol. The molecular weight excluding hydrogens is 376 g/mol. The molecule has 1 amide bonds. The SMILES string of the molecule is COc1ccc(C(=O)NCc2cc(-c3ccc(OC)c(OC)c3)on2)c(OC)c1. The van der Waals surface area contributed by atoms with Crippen LogP contribution in [0.3, 0.4) is 0 Å². The minimum absolute atomic E-state index is 0.199. The molecule has 0 unspecified atom stereocenters. The van der Waals surface area contributed by atoms with E-state index < -0.39 is 0 Å². The van der Waals surface area contributed by atoms with Crippen molar-refractivity contribution in [1.82, 2.24) is 10.5 Å². The van der Waals surface area contributed by atoms with Gasteiger partial charge in [0.1, 0.15) is 17.2 Å². The largest absolute Gasteiger partial charge is 0.497 e. The molecular formula is C21H22N2O6. The zero-order valence-corrected chi connectivity index (χ0v) is 16.6. The fourth-order valence-corrected chi connectivity index (χ4v) is 2.77. The Morgan fingerprint density at radius 2 is 1.66 bits per heavy atom. The molecule has 8 heteroatoms. The standard InChI is InChI=1S/C21H22N2O6/c1-25-15-6-7-16(19(11-15)27-3)21(24)22-12-14-10-18(29-23-14)13-5-8-17(26-2)20(9-13)28-4/h5-11H,12H2,1-4H3,(H,22,24). The first kappa shape index (κ1) is 20.1. The Labute approximate surface area is 168 Å². The molecule has 0 saturated heterocycles. The van der Waals surface area contributed by atoms with Gasteiger partial charge in [0, 0.05) is 17.7 Å². The first-order valence-electron chi connectivity index (χ1n) is 8.77. The van der Waals surface area contributed by atoms with E-state index in [9.17, 15) is 4.79 Å². The smallest absolute Gasteiger partial charge is 0.255 e. The second-order valence-corrected chi connectivity index (χ2v) is 6.00. The zero-order chi connectivity index (χ0) is 20.8. The first-order chi connectivity index (χ1) is 14.1. The summed E-state index contributed by atoms with van der Waals surface area (Å²) in [5.41, 5.74) is 1.76. The average molecular weight is 398 g/mol. The number of nitrogens with one attached hydrogen (secondary N) is 1. The highest BCUT2D eigenvalue weighted by Gasteiger charge is 2.15. The highest BCUT2D eigenvalue weighted by Crippen LogP contribution is 2.32. The highest BCUT2D eigenvalue weighted by atomic mass is 16.5. The van der Waals surface area contributed by atoms with Gasteiger partial charge in [-0.2, -0.15) is 0 Å². The number of amides is 1. The molecule has 1 heterocycles. The van der Waals surface area contributed by atoms with Gasteiger partial charge < -0.3 is 28.8 Å². The van der Waals surface area contributed by atoms with E-state index in [0.29, 0.717) is 40.0 Å². The minimum atomic E-state index is -0.292. The molecule has 0 spiro atoms. The molecule has 29 heavy (non-hydrogen) atoms. The Balaban J connectivity index is 1.70. The summed E-state index contributed by atoms with van der Waals surface area (Å²) in [6.07, 6.45) is 0. The second-order valence-electron chi connectivity index (χ2n) is 6.00. The number of ether oxygens (including phenoxy) is 4. The van der Waals surface area contributed by atoms with Gasteiger partial charge in [0.05, 0.1) is 40.5 Å². The van der Waals surface area contributed by atoms with E-state index in [2.05, 4.69) is 10.5 Å². The van der Waals surface area contributed by atoms with Crippen molar-refractivity contribution < 1.29 is 28.3 Å². The summed E-state index contributed by atoms with van der Waals surface area (Å²) in [7, 11) is 6.19. The molecule has 3 aromatic rings. The van der Waals surface area contributed by atoms with Gasteiger partial charge in [0.15, 0.2) is 17.3 Å². The fraction of sp³-hybridized carbons (Fsp3) is 0.238. The van der Waals surface area contributed by atoms with Crippen LogP contribution in [0.5, 0.6) is 23.0 Å². The summed E-state index contributed by atoms with van der Waals surface area (Å²) < 4.78 is 26.4. The Morgan fingerprint density at radius 3 is 2.34 bits per heavy atom. The van der Waals surface area contributed by atoms with Crippen molar-refractivity contribution in [1.29, 1.82) is 0 Å². The van der Waals surface area contributed by atoms with Crippen molar-refractivity contribution in [2.24, 2.45) is 0 Å². The van der Waals surface area contributed by atoms with Crippen LogP contribution < -0.4 is 24.3 Å². The maximum atomic E-state index is 12.5. The van der Waals surface area contributed by atoms with E-state index in [-0.39, 0.29) is 12.5 Å². The molecule has 0 aliphatic carbocycles. The quantitative estimate of drug-likeness (QED) is 0.622. The molecule has 2 aromatic carbocycles. The number of benzene rings is 2. The summed E-state index contributed by atoms with van der Waals surface area (Å²) in [5, 5.41) is 6.82. The maximum Gasteiger partial charge on any atom is 0.255 e. The number of hydrogen-bond donors (Lipinski definition) is 1. The lowest BCUT2D eigenvalue weighted by molar-refractivity contribution is 0.0947. The van der Waals surface area contributed by atoms with Crippen molar-refractivity contribution in [3.05, 3.63) is 53.7 Å². The van der Waals surface area contributed by atoms with Crippen LogP contribution in [0.15, 0.2) is 47.0 Å². The molecule has 0 bridgehead atoms. The third-order valence-electron chi connectivity index (χ3n) is 4.31. The van der Waals surface area contributed by atoms with Gasteiger partial charge in [-0.05, 0) is 30.3 Å². The summed E-state index contributed by atoms with van der Waals surface area (Å²) in [6.45, 7) is 0.199. The number of carbonyl (C=O) groups excluding carboxylic acids is 1. The molecule has 0 aliphatic heterocycles. The molecule has 3 rings (SSSR count). The van der Waals surface area contributed by atoms with Crippen LogP contribution in [0.4, 0.5) is 0 Å². The van der Waals surface area contributed by atoms with Crippen molar-refractivity contribution in [2.45, 2.75) is 6.54 Å². The number of aromatic nitrogens is 1. The van der Waals surface area contributed by atoms with Gasteiger partial charge >= 0.3 is 0 Å². The van der Waals surface area contributed by atoms with Crippen molar-refractivity contribution in [2.75, 3.05) is 28.4 Å². The van der Waals surface area contributed by atoms with Crippen molar-refractivity contribution in [3.63, 3.8) is 0 Å². The Hall–Kier alpha value is -3.68. The van der Waals surface area contributed by atoms with E-state index in [1.54, 1.807) is 57.7 Å². The van der Waals surface area contributed by atoms with Crippen molar-refractivity contribution >= 4 is 5.91 Å². The number of hydrogen-bond acceptors (Lipinski definition) is 7. The van der Waals surface area contributed by atoms with Crippen LogP contribution in [0, 0.1) is 0 Å². The second kappa shape index (κ2) is 9.01. The Bertz CT molecular complexity index is 999. The van der Waals surface area contributed by atoms with Gasteiger partial charge in [-0.25, -0.2) is 0 Å². The molecule has 0 atom stereocenters. The van der Waals surface area contributed by atoms with E-state index in [4.69, 9.17) is 23.5 Å². The van der Waals surface area contributed by atoms with Gasteiger partial charge in [-0.1, -0.05) is 5.16 Å². The van der Waals surface area contributed by atoms with E-state index in [0.717, 1.165) is 5.56 Å². The summed E-state index contributed by atoms with van der Waals surface area (Å²) in [4.78, 5) is 12.5. The number of methoxy groups -OCH3 is 4. The highest BCUT2D eigenvalue weighted by molar-refractivity contribution is 5.97. The van der Waals surface area contributed by atoms with Gasteiger partial charge in [0.2, 0.25) is 0 Å². The van der Waals surface area contributed by atoms with Crippen LogP contribution in [-0.2, 0) is 6.54 Å². The van der Waals surface area contributed by atoms with E-state index in [1.165, 1.54) is 7.11 Å². The molecule has 8 nitrogen and oxygen atoms in total. The van der Waals surface area contributed by atoms with Gasteiger partial charge in [-0.3, -0.25) is 4.79 Å². The van der Waals surface area contributed by atoms with Crippen molar-refractivity contribution in [3.8, 4) is 34.3 Å². The molecule has 0 fully saturated rings. The zero-order valence-electron chi connectivity index (χ0n) is 16.6. The summed E-state index contributed by atoms with van der Waals surface area (Å²) in [6, 6.07) is 12.2. The molecule has 0 radical (unpaired) electrons. The van der Waals surface area contributed by atoms with Crippen LogP contribution >= 0.6 is 0 Å². The maximum absolute atomic E-state index is 12.5. The number of nitrogens with zero attached hydrogens (tertiary/aromatic N) is 1. The molecule has 1 aromatic heterocycles. The summed E-state index contributed by atoms with van der Waals surface area (Å²) in [5.74, 6) is 2.50. The lowest BCUT2D eigenvalue weighted by atomic mass is 10.1. The predicted molar refractivity (Wildman–Crippen MR) is 106 cm³/mol. The molecule has 0 aliphatic rings. The molecule has 152 valence electrons. The number of rotatable bonds is 8. The topological polar surface area (TPSA) is 92.1 Å². The van der Waals surface area contributed by atoms with Crippen LogP contribution in [0.2, 0.25) is 0 Å². The lowest BCUT2D eigenvalue weighted by Gasteiger charge is -2.10. The molecule has 1 N–H and O–H groups in total. The van der Waals surface area contributed by atoms with Gasteiger partial charge in [0.25, 0.3) is 5.91 Å². The van der Waals surface area contributed by atoms with Crippen LogP contribution in [-0.4, -0.2) is 39.5 Å². The van der Waals surface area contributed by atoms with Crippen LogP contribution in [0.1, 0.15) is 16.1 Å². The Morgan fingerprint density at radius 1 is 0.897 bits per heavy atom. The number of carbonyl (C=O) groups is 1.